The first-order valence-corrected chi connectivity index (χ1v) is 6.69. The molecule has 0 amide bonds. The maximum atomic E-state index is 12.3. The van der Waals surface area contributed by atoms with E-state index in [-0.39, 0.29) is 16.9 Å². The fourth-order valence-corrected chi connectivity index (χ4v) is 2.40. The minimum atomic E-state index is -0.117. The molecule has 1 N–H and O–H groups in total. The lowest BCUT2D eigenvalue weighted by atomic mass is 9.85. The summed E-state index contributed by atoms with van der Waals surface area (Å²) >= 11 is 1.39. The van der Waals surface area contributed by atoms with E-state index >= 15 is 0 Å². The molecule has 0 fully saturated rings. The van der Waals surface area contributed by atoms with Gasteiger partial charge in [-0.1, -0.05) is 32.9 Å². The van der Waals surface area contributed by atoms with Crippen molar-refractivity contribution in [3.05, 3.63) is 51.7 Å². The predicted molar refractivity (Wildman–Crippen MR) is 74.6 cm³/mol. The van der Waals surface area contributed by atoms with Crippen LogP contribution in [0.4, 0.5) is 0 Å². The molecule has 2 nitrogen and oxygen atoms in total. The lowest BCUT2D eigenvalue weighted by Gasteiger charge is -2.20. The fourth-order valence-electron chi connectivity index (χ4n) is 1.72. The summed E-state index contributed by atoms with van der Waals surface area (Å²) in [6.45, 7) is 6.25. The molecule has 1 aromatic heterocycles. The molecule has 0 unspecified atom stereocenters. The molecule has 0 aliphatic rings. The number of benzene rings is 1. The summed E-state index contributed by atoms with van der Waals surface area (Å²) < 4.78 is 0. The molecule has 2 aromatic rings. The van der Waals surface area contributed by atoms with Crippen molar-refractivity contribution < 1.29 is 9.90 Å². The third-order valence-corrected chi connectivity index (χ3v) is 3.72. The van der Waals surface area contributed by atoms with E-state index in [0.29, 0.717) is 10.4 Å². The number of carbonyl (C=O) groups excluding carboxylic acids is 1. The molecule has 3 heteroatoms. The van der Waals surface area contributed by atoms with Gasteiger partial charge in [0.2, 0.25) is 5.78 Å². The topological polar surface area (TPSA) is 37.3 Å². The Morgan fingerprint density at radius 1 is 1.22 bits per heavy atom. The van der Waals surface area contributed by atoms with E-state index in [9.17, 15) is 9.90 Å². The van der Waals surface area contributed by atoms with Crippen LogP contribution in [0.2, 0.25) is 0 Å². The second kappa shape index (κ2) is 4.58. The van der Waals surface area contributed by atoms with Crippen molar-refractivity contribution in [1.29, 1.82) is 0 Å². The van der Waals surface area contributed by atoms with Gasteiger partial charge in [0, 0.05) is 0 Å². The first-order valence-electron chi connectivity index (χ1n) is 5.81. The molecule has 0 aliphatic carbocycles. The summed E-state index contributed by atoms with van der Waals surface area (Å²) in [6.07, 6.45) is 0. The zero-order valence-corrected chi connectivity index (χ0v) is 11.5. The highest BCUT2D eigenvalue weighted by atomic mass is 32.1. The van der Waals surface area contributed by atoms with Crippen LogP contribution in [0.25, 0.3) is 0 Å². The van der Waals surface area contributed by atoms with Crippen molar-refractivity contribution in [3.8, 4) is 5.75 Å². The third kappa shape index (κ3) is 2.46. The summed E-state index contributed by atoms with van der Waals surface area (Å²) in [5.41, 5.74) is 1.38. The summed E-state index contributed by atoms with van der Waals surface area (Å²) in [6, 6.07) is 8.86. The van der Waals surface area contributed by atoms with Crippen LogP contribution < -0.4 is 0 Å². The van der Waals surface area contributed by atoms with Gasteiger partial charge in [0.1, 0.15) is 5.75 Å². The number of carbonyl (C=O) groups is 1. The molecule has 0 saturated carbocycles. The van der Waals surface area contributed by atoms with E-state index in [0.717, 1.165) is 5.56 Å². The monoisotopic (exact) mass is 260 g/mol. The number of phenolic OH excluding ortho intramolecular Hbond substituents is 1. The predicted octanol–water partition coefficient (Wildman–Crippen LogP) is 3.98. The molecule has 0 aliphatic heterocycles. The van der Waals surface area contributed by atoms with Gasteiger partial charge in [-0.05, 0) is 34.6 Å². The Morgan fingerprint density at radius 2 is 1.94 bits per heavy atom. The Labute approximate surface area is 111 Å². The van der Waals surface area contributed by atoms with Crippen molar-refractivity contribution in [2.75, 3.05) is 0 Å². The van der Waals surface area contributed by atoms with Crippen molar-refractivity contribution in [1.82, 2.24) is 0 Å². The maximum Gasteiger partial charge on any atom is 0.206 e. The van der Waals surface area contributed by atoms with Gasteiger partial charge in [-0.2, -0.15) is 0 Å². The van der Waals surface area contributed by atoms with Crippen molar-refractivity contribution in [2.24, 2.45) is 0 Å². The van der Waals surface area contributed by atoms with E-state index in [4.69, 9.17) is 0 Å². The van der Waals surface area contributed by atoms with E-state index in [2.05, 4.69) is 20.8 Å². The molecule has 0 saturated heterocycles. The summed E-state index contributed by atoms with van der Waals surface area (Å²) in [7, 11) is 0. The Morgan fingerprint density at radius 3 is 2.50 bits per heavy atom. The second-order valence-corrected chi connectivity index (χ2v) is 6.24. The van der Waals surface area contributed by atoms with Crippen molar-refractivity contribution >= 4 is 17.1 Å². The fraction of sp³-hybridized carbons (Fsp3) is 0.267. The number of ketones is 1. The summed E-state index contributed by atoms with van der Waals surface area (Å²) in [5.74, 6) is -0.0741. The highest BCUT2D eigenvalue weighted by Crippen LogP contribution is 2.29. The van der Waals surface area contributed by atoms with Crippen LogP contribution in [0.15, 0.2) is 35.7 Å². The number of phenols is 1. The number of aromatic hydroxyl groups is 1. The first kappa shape index (κ1) is 12.8. The molecule has 2 rings (SSSR count). The summed E-state index contributed by atoms with van der Waals surface area (Å²) in [4.78, 5) is 12.9. The van der Waals surface area contributed by atoms with E-state index < -0.39 is 0 Å². The van der Waals surface area contributed by atoms with Gasteiger partial charge in [-0.15, -0.1) is 11.3 Å². The molecule has 0 spiro atoms. The van der Waals surface area contributed by atoms with Crippen LogP contribution in [0.3, 0.4) is 0 Å². The van der Waals surface area contributed by atoms with Crippen LogP contribution in [0.5, 0.6) is 5.75 Å². The molecular formula is C15H16O2S. The molecule has 94 valence electrons. The lowest BCUT2D eigenvalue weighted by Crippen LogP contribution is -2.12. The van der Waals surface area contributed by atoms with E-state index in [1.807, 2.05) is 17.5 Å². The molecule has 0 radical (unpaired) electrons. The normalized spacial score (nSPS) is 11.5. The van der Waals surface area contributed by atoms with Gasteiger partial charge in [-0.3, -0.25) is 4.79 Å². The zero-order valence-electron chi connectivity index (χ0n) is 10.7. The van der Waals surface area contributed by atoms with Gasteiger partial charge < -0.3 is 5.11 Å². The zero-order chi connectivity index (χ0) is 13.3. The number of rotatable bonds is 2. The maximum absolute atomic E-state index is 12.3. The summed E-state index contributed by atoms with van der Waals surface area (Å²) in [5, 5.41) is 11.7. The Hall–Kier alpha value is -1.61. The van der Waals surface area contributed by atoms with Gasteiger partial charge >= 0.3 is 0 Å². The number of thiophene rings is 1. The van der Waals surface area contributed by atoms with Crippen LogP contribution in [-0.2, 0) is 5.41 Å². The average Bonchev–Trinajstić information content (AvgIpc) is 2.80. The number of hydrogen-bond acceptors (Lipinski definition) is 3. The Balaban J connectivity index is 2.48. The van der Waals surface area contributed by atoms with Crippen LogP contribution in [0, 0.1) is 0 Å². The molecule has 0 bridgehead atoms. The first-order chi connectivity index (χ1) is 8.39. The molecule has 0 atom stereocenters. The van der Waals surface area contributed by atoms with Gasteiger partial charge in [-0.25, -0.2) is 0 Å². The molecule has 1 aromatic carbocycles. The van der Waals surface area contributed by atoms with Crippen LogP contribution in [0.1, 0.15) is 41.6 Å². The van der Waals surface area contributed by atoms with Gasteiger partial charge in [0.15, 0.2) is 0 Å². The Bertz CT molecular complexity index is 563. The average molecular weight is 260 g/mol. The van der Waals surface area contributed by atoms with Gasteiger partial charge in [0.05, 0.1) is 10.4 Å². The smallest absolute Gasteiger partial charge is 0.206 e. The van der Waals surface area contributed by atoms with Crippen LogP contribution in [-0.4, -0.2) is 10.9 Å². The highest BCUT2D eigenvalue weighted by Gasteiger charge is 2.19. The lowest BCUT2D eigenvalue weighted by molar-refractivity contribution is 0.104. The minimum absolute atomic E-state index is 0.0430. The van der Waals surface area contributed by atoms with Gasteiger partial charge in [0.25, 0.3) is 0 Å². The SMILES string of the molecule is CC(C)(C)c1ccc(O)c(C(=O)c2cccs2)c1. The largest absolute Gasteiger partial charge is 0.507 e. The quantitative estimate of drug-likeness (QED) is 0.829. The Kier molecular flexibility index (Phi) is 3.26. The highest BCUT2D eigenvalue weighted by molar-refractivity contribution is 7.12. The third-order valence-electron chi connectivity index (χ3n) is 2.85. The van der Waals surface area contributed by atoms with E-state index in [1.54, 1.807) is 18.2 Å². The number of hydrogen-bond donors (Lipinski definition) is 1. The van der Waals surface area contributed by atoms with Crippen molar-refractivity contribution in [2.45, 2.75) is 26.2 Å². The molecule has 1 heterocycles. The van der Waals surface area contributed by atoms with Crippen LogP contribution >= 0.6 is 11.3 Å². The standard InChI is InChI=1S/C15H16O2S/c1-15(2,3)10-6-7-12(16)11(9-10)14(17)13-5-4-8-18-13/h4-9,16H,1-3H3. The second-order valence-electron chi connectivity index (χ2n) is 5.29. The minimum Gasteiger partial charge on any atom is -0.507 e. The van der Waals surface area contributed by atoms with Crippen molar-refractivity contribution in [3.63, 3.8) is 0 Å². The van der Waals surface area contributed by atoms with E-state index in [1.165, 1.54) is 11.3 Å². The molecule has 18 heavy (non-hydrogen) atoms. The molecular weight excluding hydrogens is 244 g/mol.